The molecular formula is C20H13ClN4O3. The molecule has 8 heteroatoms. The van der Waals surface area contributed by atoms with Crippen LogP contribution in [0.2, 0.25) is 5.02 Å². The summed E-state index contributed by atoms with van der Waals surface area (Å²) < 4.78 is 1.61. The summed E-state index contributed by atoms with van der Waals surface area (Å²) in [6, 6.07) is 11.4. The molecule has 2 aromatic carbocycles. The fourth-order valence-electron chi connectivity index (χ4n) is 3.03. The number of phenols is 1. The van der Waals surface area contributed by atoms with Crippen molar-refractivity contribution in [3.8, 4) is 22.6 Å². The molecule has 4 rings (SSSR count). The largest absolute Gasteiger partial charge is 0.508 e. The van der Waals surface area contributed by atoms with Gasteiger partial charge < -0.3 is 15.4 Å². The van der Waals surface area contributed by atoms with Crippen molar-refractivity contribution in [1.29, 1.82) is 0 Å². The Bertz CT molecular complexity index is 1290. The van der Waals surface area contributed by atoms with Crippen molar-refractivity contribution in [2.24, 2.45) is 5.73 Å². The van der Waals surface area contributed by atoms with Gasteiger partial charge in [0.1, 0.15) is 11.3 Å². The minimum absolute atomic E-state index is 0.00206. The third kappa shape index (κ3) is 2.97. The van der Waals surface area contributed by atoms with Crippen LogP contribution in [0.3, 0.4) is 0 Å². The van der Waals surface area contributed by atoms with Crippen molar-refractivity contribution in [3.63, 3.8) is 0 Å². The maximum absolute atomic E-state index is 12.7. The van der Waals surface area contributed by atoms with Crippen molar-refractivity contribution < 1.29 is 9.90 Å². The SMILES string of the molecule is NC(=O)c1cn(-c2ccc(O)cc2Cl)c2cc(-c3ccnnc3)ccc2c1=O. The molecule has 0 aliphatic heterocycles. The molecule has 0 bridgehead atoms. The first-order valence-corrected chi connectivity index (χ1v) is 8.58. The van der Waals surface area contributed by atoms with E-state index in [0.717, 1.165) is 11.1 Å². The van der Waals surface area contributed by atoms with E-state index in [2.05, 4.69) is 10.2 Å². The Morgan fingerprint density at radius 2 is 1.89 bits per heavy atom. The zero-order valence-corrected chi connectivity index (χ0v) is 15.1. The van der Waals surface area contributed by atoms with Gasteiger partial charge in [0.15, 0.2) is 0 Å². The van der Waals surface area contributed by atoms with Crippen LogP contribution in [0.25, 0.3) is 27.7 Å². The summed E-state index contributed by atoms with van der Waals surface area (Å²) in [7, 11) is 0. The van der Waals surface area contributed by atoms with Crippen LogP contribution in [-0.2, 0) is 0 Å². The van der Waals surface area contributed by atoms with Gasteiger partial charge in [0.05, 0.1) is 28.6 Å². The predicted molar refractivity (Wildman–Crippen MR) is 106 cm³/mol. The fraction of sp³-hybridized carbons (Fsp3) is 0. The van der Waals surface area contributed by atoms with Crippen LogP contribution in [0, 0.1) is 0 Å². The molecule has 28 heavy (non-hydrogen) atoms. The van der Waals surface area contributed by atoms with Gasteiger partial charge in [-0.2, -0.15) is 10.2 Å². The van der Waals surface area contributed by atoms with Gasteiger partial charge in [0.25, 0.3) is 5.91 Å². The van der Waals surface area contributed by atoms with Crippen molar-refractivity contribution in [2.45, 2.75) is 0 Å². The summed E-state index contributed by atoms with van der Waals surface area (Å²) >= 11 is 6.30. The summed E-state index contributed by atoms with van der Waals surface area (Å²) in [6.45, 7) is 0. The Morgan fingerprint density at radius 3 is 2.57 bits per heavy atom. The second-order valence-electron chi connectivity index (χ2n) is 6.10. The Labute approximate surface area is 163 Å². The van der Waals surface area contributed by atoms with Gasteiger partial charge in [-0.05, 0) is 35.9 Å². The molecule has 0 aliphatic carbocycles. The predicted octanol–water partition coefficient (Wildman–Crippen LogP) is 2.91. The number of aromatic hydroxyl groups is 1. The molecule has 0 fully saturated rings. The Morgan fingerprint density at radius 1 is 1.07 bits per heavy atom. The van der Waals surface area contributed by atoms with Crippen molar-refractivity contribution in [1.82, 2.24) is 14.8 Å². The second kappa shape index (κ2) is 6.79. The molecule has 0 spiro atoms. The second-order valence-corrected chi connectivity index (χ2v) is 6.51. The van der Waals surface area contributed by atoms with E-state index in [-0.39, 0.29) is 16.3 Å². The topological polar surface area (TPSA) is 111 Å². The number of benzene rings is 2. The van der Waals surface area contributed by atoms with Crippen LogP contribution in [0.1, 0.15) is 10.4 Å². The van der Waals surface area contributed by atoms with Gasteiger partial charge in [-0.1, -0.05) is 17.7 Å². The fourth-order valence-corrected chi connectivity index (χ4v) is 3.30. The highest BCUT2D eigenvalue weighted by Gasteiger charge is 2.16. The summed E-state index contributed by atoms with van der Waals surface area (Å²) in [4.78, 5) is 24.5. The molecule has 3 N–H and O–H groups in total. The lowest BCUT2D eigenvalue weighted by Crippen LogP contribution is -2.24. The van der Waals surface area contributed by atoms with Crippen molar-refractivity contribution in [2.75, 3.05) is 0 Å². The summed E-state index contributed by atoms with van der Waals surface area (Å²) in [5.74, 6) is -0.837. The molecule has 0 saturated heterocycles. The average molecular weight is 393 g/mol. The van der Waals surface area contributed by atoms with Crippen LogP contribution in [0.15, 0.2) is 65.8 Å². The monoisotopic (exact) mass is 392 g/mol. The Balaban J connectivity index is 2.09. The van der Waals surface area contributed by atoms with Gasteiger partial charge >= 0.3 is 0 Å². The zero-order chi connectivity index (χ0) is 19.8. The number of aromatic nitrogens is 3. The van der Waals surface area contributed by atoms with Gasteiger partial charge in [0.2, 0.25) is 5.43 Å². The molecular weight excluding hydrogens is 380 g/mol. The number of pyridine rings is 1. The minimum Gasteiger partial charge on any atom is -0.508 e. The molecule has 0 aliphatic rings. The number of phenolic OH excluding ortho intramolecular Hbond substituents is 1. The van der Waals surface area contributed by atoms with Gasteiger partial charge in [-0.25, -0.2) is 0 Å². The smallest absolute Gasteiger partial charge is 0.254 e. The lowest BCUT2D eigenvalue weighted by atomic mass is 10.0. The number of primary amides is 1. The standard InChI is InChI=1S/C20H13ClN4O3/c21-16-8-13(26)2-4-17(16)25-10-15(20(22)28)19(27)14-3-1-11(7-18(14)25)12-5-6-23-24-9-12/h1-10,26H,(H2,22,28). The maximum atomic E-state index is 12.7. The van der Waals surface area contributed by atoms with Crippen molar-refractivity contribution in [3.05, 3.63) is 81.9 Å². The third-order valence-corrected chi connectivity index (χ3v) is 4.68. The number of amides is 1. The number of nitrogens with two attached hydrogens (primary N) is 1. The van der Waals surface area contributed by atoms with Crippen LogP contribution in [0.4, 0.5) is 0 Å². The number of rotatable bonds is 3. The zero-order valence-electron chi connectivity index (χ0n) is 14.3. The number of hydrogen-bond acceptors (Lipinski definition) is 5. The highest BCUT2D eigenvalue weighted by molar-refractivity contribution is 6.32. The lowest BCUT2D eigenvalue weighted by Gasteiger charge is -2.15. The first kappa shape index (κ1) is 17.7. The molecule has 4 aromatic rings. The Hall–Kier alpha value is -3.71. The van der Waals surface area contributed by atoms with Crippen molar-refractivity contribution >= 4 is 28.4 Å². The Kier molecular flexibility index (Phi) is 4.29. The molecule has 138 valence electrons. The van der Waals surface area contributed by atoms with E-state index in [1.807, 2.05) is 0 Å². The number of carbonyl (C=O) groups is 1. The number of fused-ring (bicyclic) bond motifs is 1. The van der Waals surface area contributed by atoms with Crippen LogP contribution < -0.4 is 11.2 Å². The van der Waals surface area contributed by atoms with Crippen LogP contribution in [-0.4, -0.2) is 25.8 Å². The van der Waals surface area contributed by atoms with E-state index in [4.69, 9.17) is 17.3 Å². The molecule has 0 saturated carbocycles. The molecule has 0 atom stereocenters. The van der Waals surface area contributed by atoms with Gasteiger partial charge in [0, 0.05) is 23.2 Å². The van der Waals surface area contributed by atoms with E-state index < -0.39 is 11.3 Å². The lowest BCUT2D eigenvalue weighted by molar-refractivity contribution is 0.0999. The van der Waals surface area contributed by atoms with E-state index in [9.17, 15) is 14.7 Å². The molecule has 7 nitrogen and oxygen atoms in total. The molecule has 2 heterocycles. The first-order chi connectivity index (χ1) is 13.5. The number of hydrogen-bond donors (Lipinski definition) is 2. The molecule has 2 aromatic heterocycles. The van der Waals surface area contributed by atoms with E-state index >= 15 is 0 Å². The third-order valence-electron chi connectivity index (χ3n) is 4.38. The highest BCUT2D eigenvalue weighted by atomic mass is 35.5. The average Bonchev–Trinajstić information content (AvgIpc) is 2.69. The first-order valence-electron chi connectivity index (χ1n) is 8.21. The number of nitrogens with zero attached hydrogens (tertiary/aromatic N) is 3. The molecule has 0 unspecified atom stereocenters. The van der Waals surface area contributed by atoms with E-state index in [0.29, 0.717) is 16.6 Å². The summed E-state index contributed by atoms with van der Waals surface area (Å²) in [5.41, 5.74) is 7.40. The van der Waals surface area contributed by atoms with Gasteiger partial charge in [-0.3, -0.25) is 9.59 Å². The number of carbonyl (C=O) groups excluding carboxylic acids is 1. The molecule has 1 amide bonds. The normalized spacial score (nSPS) is 10.9. The number of halogens is 1. The van der Waals surface area contributed by atoms with Crippen LogP contribution >= 0.6 is 11.6 Å². The molecule has 0 radical (unpaired) electrons. The van der Waals surface area contributed by atoms with Gasteiger partial charge in [-0.15, -0.1) is 0 Å². The summed E-state index contributed by atoms with van der Waals surface area (Å²) in [5, 5.41) is 17.8. The van der Waals surface area contributed by atoms with Crippen LogP contribution in [0.5, 0.6) is 5.75 Å². The highest BCUT2D eigenvalue weighted by Crippen LogP contribution is 2.29. The summed E-state index contributed by atoms with van der Waals surface area (Å²) in [6.07, 6.45) is 4.54. The minimum atomic E-state index is -0.835. The maximum Gasteiger partial charge on any atom is 0.254 e. The van der Waals surface area contributed by atoms with E-state index in [1.165, 1.54) is 18.3 Å². The van der Waals surface area contributed by atoms with E-state index in [1.54, 1.807) is 47.3 Å². The quantitative estimate of drug-likeness (QED) is 0.556.